The van der Waals surface area contributed by atoms with E-state index >= 15 is 0 Å². The zero-order valence-electron chi connectivity index (χ0n) is 9.77. The van der Waals surface area contributed by atoms with Gasteiger partial charge in [0.15, 0.2) is 0 Å². The van der Waals surface area contributed by atoms with E-state index in [1.807, 2.05) is 0 Å². The van der Waals surface area contributed by atoms with Crippen LogP contribution < -0.4 is 0 Å². The Balaban J connectivity index is 2.76. The smallest absolute Gasteiger partial charge is 0.365 e. The lowest BCUT2D eigenvalue weighted by molar-refractivity contribution is 0.0646. The van der Waals surface area contributed by atoms with Crippen molar-refractivity contribution >= 4 is 17.6 Å². The van der Waals surface area contributed by atoms with Crippen molar-refractivity contribution in [3.63, 3.8) is 0 Å². The number of hydrogen-bond donors (Lipinski definition) is 1. The van der Waals surface area contributed by atoms with Crippen LogP contribution in [0.2, 0.25) is 0 Å². The lowest BCUT2D eigenvalue weighted by Gasteiger charge is -2.12. The number of rotatable bonds is 3. The molecule has 0 spiro atoms. The van der Waals surface area contributed by atoms with Crippen LogP contribution in [0.3, 0.4) is 0 Å². The Hall–Kier alpha value is -1.95. The minimum atomic E-state index is -3.83. The van der Waals surface area contributed by atoms with E-state index in [0.29, 0.717) is 5.69 Å². The second-order valence-corrected chi connectivity index (χ2v) is 4.33. The van der Waals surface area contributed by atoms with E-state index in [0.717, 1.165) is 4.68 Å². The summed E-state index contributed by atoms with van der Waals surface area (Å²) in [6.07, 6.45) is 0. The number of aromatic carboxylic acids is 1. The van der Waals surface area contributed by atoms with Crippen molar-refractivity contribution in [3.8, 4) is 5.69 Å². The number of carboxylic acid groups (broad SMARTS) is 1. The van der Waals surface area contributed by atoms with Crippen LogP contribution in [0.25, 0.3) is 5.69 Å². The van der Waals surface area contributed by atoms with Gasteiger partial charge in [0.25, 0.3) is 0 Å². The molecular weight excluding hydrogens is 278 g/mol. The highest BCUT2D eigenvalue weighted by Crippen LogP contribution is 2.37. The van der Waals surface area contributed by atoms with Gasteiger partial charge < -0.3 is 5.11 Å². The van der Waals surface area contributed by atoms with Crippen molar-refractivity contribution in [1.82, 2.24) is 9.78 Å². The number of halogens is 3. The average Bonchev–Trinajstić information content (AvgIpc) is 2.68. The standard InChI is InChI=1S/C12H9ClF2N2O2/c1-7-9(11(18)19)10(12(13,14)15)17(16-7)8-5-3-2-4-6-8/h2-6H,1H3,(H,18,19). The van der Waals surface area contributed by atoms with Gasteiger partial charge in [-0.3, -0.25) is 0 Å². The number of carboxylic acids is 1. The number of aryl methyl sites for hydroxylation is 1. The summed E-state index contributed by atoms with van der Waals surface area (Å²) in [4.78, 5) is 11.1. The minimum Gasteiger partial charge on any atom is -0.478 e. The van der Waals surface area contributed by atoms with E-state index < -0.39 is 22.6 Å². The maximum Gasteiger partial charge on any atom is 0.365 e. The molecule has 100 valence electrons. The maximum atomic E-state index is 13.5. The van der Waals surface area contributed by atoms with Crippen LogP contribution in [-0.4, -0.2) is 20.9 Å². The predicted molar refractivity (Wildman–Crippen MR) is 65.0 cm³/mol. The van der Waals surface area contributed by atoms with E-state index in [9.17, 15) is 13.6 Å². The van der Waals surface area contributed by atoms with E-state index in [4.69, 9.17) is 16.7 Å². The summed E-state index contributed by atoms with van der Waals surface area (Å²) in [6, 6.07) is 8.02. The summed E-state index contributed by atoms with van der Waals surface area (Å²) in [5.74, 6) is -1.49. The number of hydrogen-bond acceptors (Lipinski definition) is 2. The first kappa shape index (κ1) is 13.5. The Labute approximate surface area is 112 Å². The van der Waals surface area contributed by atoms with Crippen LogP contribution in [0.1, 0.15) is 21.7 Å². The molecule has 0 aliphatic rings. The van der Waals surface area contributed by atoms with Gasteiger partial charge in [0.05, 0.1) is 11.4 Å². The lowest BCUT2D eigenvalue weighted by Crippen LogP contribution is -2.16. The molecule has 0 fully saturated rings. The number of para-hydroxylation sites is 1. The molecule has 19 heavy (non-hydrogen) atoms. The zero-order valence-corrected chi connectivity index (χ0v) is 10.5. The van der Waals surface area contributed by atoms with Gasteiger partial charge in [-0.25, -0.2) is 9.48 Å². The van der Waals surface area contributed by atoms with Gasteiger partial charge >= 0.3 is 11.4 Å². The molecule has 1 heterocycles. The van der Waals surface area contributed by atoms with Crippen LogP contribution in [0.15, 0.2) is 30.3 Å². The molecule has 2 aromatic rings. The third-order valence-corrected chi connectivity index (χ3v) is 2.72. The zero-order chi connectivity index (χ0) is 14.2. The Morgan fingerprint density at radius 1 is 1.37 bits per heavy atom. The summed E-state index contributed by atoms with van der Waals surface area (Å²) in [7, 11) is 0. The summed E-state index contributed by atoms with van der Waals surface area (Å²) in [5.41, 5.74) is -1.13. The summed E-state index contributed by atoms with van der Waals surface area (Å²) >= 11 is 5.02. The predicted octanol–water partition coefficient (Wildman–Crippen LogP) is 3.17. The third kappa shape index (κ3) is 2.44. The second kappa shape index (κ2) is 4.62. The molecule has 2 rings (SSSR count). The highest BCUT2D eigenvalue weighted by atomic mass is 35.5. The van der Waals surface area contributed by atoms with Crippen LogP contribution in [-0.2, 0) is 5.38 Å². The van der Waals surface area contributed by atoms with Gasteiger partial charge in [0.2, 0.25) is 0 Å². The van der Waals surface area contributed by atoms with Crippen molar-refractivity contribution in [2.75, 3.05) is 0 Å². The molecule has 1 aromatic heterocycles. The largest absolute Gasteiger partial charge is 0.478 e. The second-order valence-electron chi connectivity index (χ2n) is 3.86. The van der Waals surface area contributed by atoms with Crippen LogP contribution in [0.5, 0.6) is 0 Å². The molecule has 4 nitrogen and oxygen atoms in total. The van der Waals surface area contributed by atoms with Crippen molar-refractivity contribution in [2.24, 2.45) is 0 Å². The number of benzene rings is 1. The minimum absolute atomic E-state index is 0.0216. The molecule has 0 radical (unpaired) electrons. The Kier molecular flexibility index (Phi) is 3.28. The molecule has 0 bridgehead atoms. The van der Waals surface area contributed by atoms with Gasteiger partial charge in [-0.05, 0) is 30.7 Å². The molecule has 0 atom stereocenters. The van der Waals surface area contributed by atoms with E-state index in [-0.39, 0.29) is 5.69 Å². The molecule has 7 heteroatoms. The molecule has 1 N–H and O–H groups in total. The van der Waals surface area contributed by atoms with Gasteiger partial charge in [-0.2, -0.15) is 13.9 Å². The normalized spacial score (nSPS) is 11.6. The molecule has 1 aromatic carbocycles. The van der Waals surface area contributed by atoms with Crippen molar-refractivity contribution in [2.45, 2.75) is 12.3 Å². The first-order chi connectivity index (χ1) is 8.82. The third-order valence-electron chi connectivity index (χ3n) is 2.54. The van der Waals surface area contributed by atoms with Gasteiger partial charge in [-0.15, -0.1) is 0 Å². The lowest BCUT2D eigenvalue weighted by atomic mass is 10.2. The fourth-order valence-electron chi connectivity index (χ4n) is 1.80. The maximum absolute atomic E-state index is 13.5. The van der Waals surface area contributed by atoms with Crippen LogP contribution in [0, 0.1) is 6.92 Å². The average molecular weight is 287 g/mol. The van der Waals surface area contributed by atoms with Crippen LogP contribution >= 0.6 is 11.6 Å². The number of carbonyl (C=O) groups is 1. The number of alkyl halides is 3. The molecule has 0 saturated heterocycles. The van der Waals surface area contributed by atoms with Crippen molar-refractivity contribution in [1.29, 1.82) is 0 Å². The monoisotopic (exact) mass is 286 g/mol. The van der Waals surface area contributed by atoms with E-state index in [1.54, 1.807) is 18.2 Å². The van der Waals surface area contributed by atoms with Crippen molar-refractivity contribution in [3.05, 3.63) is 47.3 Å². The SMILES string of the molecule is Cc1nn(-c2ccccc2)c(C(F)(F)Cl)c1C(=O)O. The Bertz CT molecular complexity index is 621. The highest BCUT2D eigenvalue weighted by Gasteiger charge is 2.39. The van der Waals surface area contributed by atoms with Crippen LogP contribution in [0.4, 0.5) is 8.78 Å². The summed E-state index contributed by atoms with van der Waals surface area (Å²) in [5, 5.41) is 9.04. The van der Waals surface area contributed by atoms with Gasteiger partial charge in [0, 0.05) is 0 Å². The first-order valence-corrected chi connectivity index (χ1v) is 5.65. The Morgan fingerprint density at radius 3 is 2.42 bits per heavy atom. The molecule has 0 aliphatic heterocycles. The summed E-state index contributed by atoms with van der Waals surface area (Å²) < 4.78 is 27.8. The fourth-order valence-corrected chi connectivity index (χ4v) is 1.98. The quantitative estimate of drug-likeness (QED) is 0.882. The molecule has 0 saturated carbocycles. The fraction of sp³-hybridized carbons (Fsp3) is 0.167. The van der Waals surface area contributed by atoms with E-state index in [2.05, 4.69) is 5.10 Å². The van der Waals surface area contributed by atoms with Gasteiger partial charge in [0.1, 0.15) is 11.3 Å². The number of nitrogens with zero attached hydrogens (tertiary/aromatic N) is 2. The van der Waals surface area contributed by atoms with Crippen molar-refractivity contribution < 1.29 is 18.7 Å². The molecule has 0 aliphatic carbocycles. The highest BCUT2D eigenvalue weighted by molar-refractivity contribution is 6.22. The number of aromatic nitrogens is 2. The molecule has 0 unspecified atom stereocenters. The first-order valence-electron chi connectivity index (χ1n) is 5.28. The molecule has 0 amide bonds. The van der Waals surface area contributed by atoms with Gasteiger partial charge in [-0.1, -0.05) is 18.2 Å². The van der Waals surface area contributed by atoms with E-state index in [1.165, 1.54) is 19.1 Å². The Morgan fingerprint density at radius 2 is 1.95 bits per heavy atom. The summed E-state index contributed by atoms with van der Waals surface area (Å²) in [6.45, 7) is 1.34. The topological polar surface area (TPSA) is 55.1 Å². The molecular formula is C12H9ClF2N2O2.